The fourth-order valence-corrected chi connectivity index (χ4v) is 3.08. The number of likely N-dealkylation sites (N-methyl/N-ethyl adjacent to an activating group) is 1. The predicted octanol–water partition coefficient (Wildman–Crippen LogP) is 1.18. The SMILES string of the molecule is C=C1CN(C)C(=O)[C@@H]2CC(C)(C)C[C@]12O. The Bertz CT molecular complexity index is 333. The number of fused-ring (bicyclic) bond motifs is 1. The van der Waals surface area contributed by atoms with Crippen LogP contribution in [0.15, 0.2) is 12.2 Å². The number of likely N-dealkylation sites (tertiary alicyclic amines) is 1. The van der Waals surface area contributed by atoms with Crippen LogP contribution in [0.3, 0.4) is 0 Å². The summed E-state index contributed by atoms with van der Waals surface area (Å²) in [7, 11) is 1.78. The van der Waals surface area contributed by atoms with Gasteiger partial charge in [0.15, 0.2) is 0 Å². The molecule has 2 rings (SSSR count). The second kappa shape index (κ2) is 2.85. The monoisotopic (exact) mass is 209 g/mol. The van der Waals surface area contributed by atoms with E-state index in [2.05, 4.69) is 20.4 Å². The molecule has 1 saturated heterocycles. The van der Waals surface area contributed by atoms with Gasteiger partial charge in [-0.15, -0.1) is 0 Å². The highest BCUT2D eigenvalue weighted by Crippen LogP contribution is 2.52. The van der Waals surface area contributed by atoms with E-state index in [9.17, 15) is 9.90 Å². The van der Waals surface area contributed by atoms with Crippen molar-refractivity contribution in [2.24, 2.45) is 11.3 Å². The zero-order valence-electron chi connectivity index (χ0n) is 9.71. The molecule has 0 unspecified atom stereocenters. The first-order valence-corrected chi connectivity index (χ1v) is 5.42. The Morgan fingerprint density at radius 2 is 2.13 bits per heavy atom. The van der Waals surface area contributed by atoms with Gasteiger partial charge in [-0.25, -0.2) is 0 Å². The Morgan fingerprint density at radius 1 is 1.53 bits per heavy atom. The number of hydrogen-bond donors (Lipinski definition) is 1. The van der Waals surface area contributed by atoms with Crippen LogP contribution >= 0.6 is 0 Å². The van der Waals surface area contributed by atoms with E-state index in [0.29, 0.717) is 13.0 Å². The molecule has 3 heteroatoms. The smallest absolute Gasteiger partial charge is 0.228 e. The van der Waals surface area contributed by atoms with Crippen LogP contribution in [0.5, 0.6) is 0 Å². The lowest BCUT2D eigenvalue weighted by atomic mass is 9.80. The van der Waals surface area contributed by atoms with Crippen molar-refractivity contribution in [3.05, 3.63) is 12.2 Å². The lowest BCUT2D eigenvalue weighted by Crippen LogP contribution is -2.52. The van der Waals surface area contributed by atoms with Crippen molar-refractivity contribution < 1.29 is 9.90 Å². The minimum atomic E-state index is -0.951. The van der Waals surface area contributed by atoms with Gasteiger partial charge < -0.3 is 10.0 Å². The molecule has 15 heavy (non-hydrogen) atoms. The van der Waals surface area contributed by atoms with Crippen LogP contribution in [0.2, 0.25) is 0 Å². The minimum Gasteiger partial charge on any atom is -0.385 e. The molecular weight excluding hydrogens is 190 g/mol. The lowest BCUT2D eigenvalue weighted by Gasteiger charge is -2.40. The second-order valence-corrected chi connectivity index (χ2v) is 5.82. The Labute approximate surface area is 90.8 Å². The maximum Gasteiger partial charge on any atom is 0.228 e. The van der Waals surface area contributed by atoms with Gasteiger partial charge >= 0.3 is 0 Å². The largest absolute Gasteiger partial charge is 0.385 e. The van der Waals surface area contributed by atoms with Gasteiger partial charge in [0.25, 0.3) is 0 Å². The Balaban J connectivity index is 2.39. The highest BCUT2D eigenvalue weighted by Gasteiger charge is 2.57. The number of carbonyl (C=O) groups excluding carboxylic acids is 1. The third kappa shape index (κ3) is 1.41. The van der Waals surface area contributed by atoms with Crippen molar-refractivity contribution in [3.8, 4) is 0 Å². The van der Waals surface area contributed by atoms with E-state index >= 15 is 0 Å². The Kier molecular flexibility index (Phi) is 2.03. The van der Waals surface area contributed by atoms with Crippen LogP contribution < -0.4 is 0 Å². The van der Waals surface area contributed by atoms with E-state index in [0.717, 1.165) is 12.0 Å². The molecule has 2 aliphatic rings. The standard InChI is InChI=1S/C12H19NO2/c1-8-6-13(4)10(14)9-5-11(2,3)7-12(8,9)15/h9,15H,1,5-7H2,2-4H3/t9-,12-/m0/s1. The molecule has 3 nitrogen and oxygen atoms in total. The number of hydrogen-bond acceptors (Lipinski definition) is 2. The molecule has 1 amide bonds. The molecule has 1 aliphatic carbocycles. The Morgan fingerprint density at radius 3 is 2.73 bits per heavy atom. The number of amides is 1. The fourth-order valence-electron chi connectivity index (χ4n) is 3.08. The van der Waals surface area contributed by atoms with Gasteiger partial charge in [-0.3, -0.25) is 4.79 Å². The third-order valence-corrected chi connectivity index (χ3v) is 3.80. The third-order valence-electron chi connectivity index (χ3n) is 3.80. The molecule has 1 N–H and O–H groups in total. The van der Waals surface area contributed by atoms with Gasteiger partial charge in [-0.2, -0.15) is 0 Å². The van der Waals surface area contributed by atoms with Crippen molar-refractivity contribution in [3.63, 3.8) is 0 Å². The molecule has 1 saturated carbocycles. The maximum absolute atomic E-state index is 12.0. The molecule has 0 bridgehead atoms. The van der Waals surface area contributed by atoms with Crippen molar-refractivity contribution in [2.75, 3.05) is 13.6 Å². The van der Waals surface area contributed by atoms with E-state index < -0.39 is 5.60 Å². The van der Waals surface area contributed by atoms with Gasteiger partial charge in [-0.05, 0) is 23.8 Å². The van der Waals surface area contributed by atoms with Crippen LogP contribution in [0, 0.1) is 11.3 Å². The van der Waals surface area contributed by atoms with Crippen molar-refractivity contribution in [1.29, 1.82) is 0 Å². The molecule has 2 atom stereocenters. The molecule has 2 fully saturated rings. The molecule has 0 aromatic rings. The number of carbonyl (C=O) groups is 1. The summed E-state index contributed by atoms with van der Waals surface area (Å²) in [4.78, 5) is 13.6. The predicted molar refractivity (Wildman–Crippen MR) is 58.2 cm³/mol. The van der Waals surface area contributed by atoms with Gasteiger partial charge in [0.05, 0.1) is 11.5 Å². The summed E-state index contributed by atoms with van der Waals surface area (Å²) in [6.45, 7) is 8.63. The normalized spacial score (nSPS) is 39.5. The van der Waals surface area contributed by atoms with E-state index in [1.165, 1.54) is 0 Å². The highest BCUT2D eigenvalue weighted by atomic mass is 16.3. The zero-order valence-corrected chi connectivity index (χ0v) is 9.71. The maximum atomic E-state index is 12.0. The molecule has 1 aliphatic heterocycles. The molecule has 0 spiro atoms. The average molecular weight is 209 g/mol. The van der Waals surface area contributed by atoms with Gasteiger partial charge in [-0.1, -0.05) is 20.4 Å². The first-order valence-electron chi connectivity index (χ1n) is 5.42. The number of aliphatic hydroxyl groups is 1. The molecule has 0 aromatic heterocycles. The summed E-state index contributed by atoms with van der Waals surface area (Å²) >= 11 is 0. The number of nitrogens with zero attached hydrogens (tertiary/aromatic N) is 1. The minimum absolute atomic E-state index is 0.0309. The first-order chi connectivity index (χ1) is 6.76. The lowest BCUT2D eigenvalue weighted by molar-refractivity contribution is -0.143. The topological polar surface area (TPSA) is 40.5 Å². The van der Waals surface area contributed by atoms with Crippen LogP contribution in [-0.4, -0.2) is 35.1 Å². The summed E-state index contributed by atoms with van der Waals surface area (Å²) < 4.78 is 0. The van der Waals surface area contributed by atoms with Crippen molar-refractivity contribution in [2.45, 2.75) is 32.3 Å². The molecular formula is C12H19NO2. The average Bonchev–Trinajstić information content (AvgIpc) is 2.34. The van der Waals surface area contributed by atoms with Crippen LogP contribution in [0.4, 0.5) is 0 Å². The fraction of sp³-hybridized carbons (Fsp3) is 0.750. The quantitative estimate of drug-likeness (QED) is 0.609. The summed E-state index contributed by atoms with van der Waals surface area (Å²) in [5.41, 5.74) is -0.129. The highest BCUT2D eigenvalue weighted by molar-refractivity contribution is 5.83. The number of rotatable bonds is 0. The summed E-state index contributed by atoms with van der Waals surface area (Å²) in [6, 6.07) is 0. The van der Waals surface area contributed by atoms with Crippen LogP contribution in [0.25, 0.3) is 0 Å². The van der Waals surface area contributed by atoms with Gasteiger partial charge in [0.2, 0.25) is 5.91 Å². The van der Waals surface area contributed by atoms with Gasteiger partial charge in [0.1, 0.15) is 0 Å². The first kappa shape index (κ1) is 10.7. The van der Waals surface area contributed by atoms with Crippen molar-refractivity contribution >= 4 is 5.91 Å². The van der Waals surface area contributed by atoms with E-state index in [-0.39, 0.29) is 17.2 Å². The van der Waals surface area contributed by atoms with Crippen LogP contribution in [-0.2, 0) is 4.79 Å². The van der Waals surface area contributed by atoms with Crippen molar-refractivity contribution in [1.82, 2.24) is 4.90 Å². The summed E-state index contributed by atoms with van der Waals surface area (Å²) in [5, 5.41) is 10.6. The molecule has 84 valence electrons. The molecule has 0 aromatic carbocycles. The number of piperidine rings is 1. The zero-order chi connectivity index (χ0) is 11.4. The van der Waals surface area contributed by atoms with E-state index in [1.807, 2.05) is 0 Å². The summed E-state index contributed by atoms with van der Waals surface area (Å²) in [5.74, 6) is -0.214. The van der Waals surface area contributed by atoms with Crippen LogP contribution in [0.1, 0.15) is 26.7 Å². The Hall–Kier alpha value is -0.830. The molecule has 1 heterocycles. The summed E-state index contributed by atoms with van der Waals surface area (Å²) in [6.07, 6.45) is 1.41. The van der Waals surface area contributed by atoms with Gasteiger partial charge in [0, 0.05) is 13.6 Å². The molecule has 0 radical (unpaired) electrons. The van der Waals surface area contributed by atoms with E-state index in [4.69, 9.17) is 0 Å². The van der Waals surface area contributed by atoms with E-state index in [1.54, 1.807) is 11.9 Å². The second-order valence-electron chi connectivity index (χ2n) is 5.82.